The molecule has 0 aliphatic carbocycles. The minimum Gasteiger partial charge on any atom is -0.338 e. The zero-order valence-corrected chi connectivity index (χ0v) is 12.3. The van der Waals surface area contributed by atoms with Gasteiger partial charge in [-0.3, -0.25) is 4.90 Å². The molecular weight excluding hydrogens is 260 g/mol. The Morgan fingerprint density at radius 1 is 1.11 bits per heavy atom. The zero-order chi connectivity index (χ0) is 13.1. The number of carbonyl (C=O) groups excluding carboxylic acids is 1. The van der Waals surface area contributed by atoms with Gasteiger partial charge in [0.15, 0.2) is 0 Å². The van der Waals surface area contributed by atoms with Crippen LogP contribution in [0.1, 0.15) is 6.42 Å². The molecule has 4 heterocycles. The summed E-state index contributed by atoms with van der Waals surface area (Å²) in [5, 5.41) is 6.03. The predicted molar refractivity (Wildman–Crippen MR) is 78.6 cm³/mol. The highest BCUT2D eigenvalue weighted by atomic mass is 32.2. The van der Waals surface area contributed by atoms with E-state index in [4.69, 9.17) is 0 Å². The second-order valence-electron chi connectivity index (χ2n) is 5.84. The van der Waals surface area contributed by atoms with Crippen LogP contribution in [0.15, 0.2) is 0 Å². The number of thioether (sulfide) groups is 1. The Labute approximate surface area is 119 Å². The van der Waals surface area contributed by atoms with Crippen molar-refractivity contribution in [3.63, 3.8) is 0 Å². The maximum atomic E-state index is 11.8. The minimum absolute atomic E-state index is 0.00761. The molecule has 0 spiro atoms. The fourth-order valence-corrected chi connectivity index (χ4v) is 3.86. The number of urea groups is 1. The van der Waals surface area contributed by atoms with Gasteiger partial charge in [0.1, 0.15) is 0 Å². The van der Waals surface area contributed by atoms with Crippen molar-refractivity contribution >= 4 is 17.8 Å². The van der Waals surface area contributed by atoms with E-state index in [1.807, 2.05) is 11.8 Å². The lowest BCUT2D eigenvalue weighted by molar-refractivity contribution is 0.114. The monoisotopic (exact) mass is 284 g/mol. The zero-order valence-electron chi connectivity index (χ0n) is 11.4. The number of hydrogen-bond acceptors (Lipinski definition) is 4. The molecule has 19 heavy (non-hydrogen) atoms. The van der Waals surface area contributed by atoms with Gasteiger partial charge < -0.3 is 15.5 Å². The van der Waals surface area contributed by atoms with E-state index in [1.165, 1.54) is 37.6 Å². The van der Waals surface area contributed by atoms with Crippen molar-refractivity contribution in [1.29, 1.82) is 0 Å². The first-order valence-electron chi connectivity index (χ1n) is 7.37. The van der Waals surface area contributed by atoms with E-state index in [0.717, 1.165) is 26.2 Å². The first-order valence-corrected chi connectivity index (χ1v) is 8.52. The van der Waals surface area contributed by atoms with Gasteiger partial charge in [0.25, 0.3) is 0 Å². The maximum absolute atomic E-state index is 11.8. The van der Waals surface area contributed by atoms with Crippen LogP contribution in [0, 0.1) is 5.92 Å². The van der Waals surface area contributed by atoms with E-state index >= 15 is 0 Å². The fraction of sp³-hybridized carbons (Fsp3) is 0.923. The van der Waals surface area contributed by atoms with Gasteiger partial charge >= 0.3 is 6.03 Å². The molecule has 0 radical (unpaired) electrons. The molecule has 6 heteroatoms. The lowest BCUT2D eigenvalue weighted by Gasteiger charge is -2.37. The van der Waals surface area contributed by atoms with Crippen molar-refractivity contribution in [1.82, 2.24) is 20.4 Å². The quantitative estimate of drug-likeness (QED) is 0.765. The number of nitrogens with one attached hydrogen (secondary N) is 2. The molecule has 0 aromatic carbocycles. The van der Waals surface area contributed by atoms with Gasteiger partial charge in [-0.05, 0) is 36.9 Å². The first kappa shape index (κ1) is 13.5. The van der Waals surface area contributed by atoms with Crippen molar-refractivity contribution in [3.8, 4) is 0 Å². The Morgan fingerprint density at radius 3 is 2.74 bits per heavy atom. The molecule has 2 N–H and O–H groups in total. The smallest absolute Gasteiger partial charge is 0.314 e. The lowest BCUT2D eigenvalue weighted by atomic mass is 10.2. The second-order valence-corrected chi connectivity index (χ2v) is 6.91. The molecule has 0 aromatic heterocycles. The highest BCUT2D eigenvalue weighted by molar-refractivity contribution is 8.00. The number of hydrogen-bond donors (Lipinski definition) is 2. The third-order valence-electron chi connectivity index (χ3n) is 4.37. The molecule has 4 rings (SSSR count). The second kappa shape index (κ2) is 6.33. The predicted octanol–water partition coefficient (Wildman–Crippen LogP) is 0.0385. The third kappa shape index (κ3) is 3.55. The van der Waals surface area contributed by atoms with Crippen LogP contribution >= 0.6 is 11.8 Å². The molecule has 4 saturated heterocycles. The van der Waals surface area contributed by atoms with Crippen LogP contribution in [-0.4, -0.2) is 79.2 Å². The standard InChI is InChI=1S/C13H24N4OS/c18-13(14-6-11-9-19-10-11)15-7-12-8-16-2-1-3-17(12)5-4-16/h11-12H,1-10H2,(H2,14,15,18). The van der Waals surface area contributed by atoms with Crippen LogP contribution in [0.4, 0.5) is 4.79 Å². The maximum Gasteiger partial charge on any atom is 0.314 e. The molecule has 2 bridgehead atoms. The van der Waals surface area contributed by atoms with Crippen molar-refractivity contribution in [2.75, 3.05) is 57.3 Å². The number of rotatable bonds is 4. The van der Waals surface area contributed by atoms with Gasteiger partial charge in [-0.2, -0.15) is 11.8 Å². The Morgan fingerprint density at radius 2 is 1.95 bits per heavy atom. The van der Waals surface area contributed by atoms with Crippen molar-refractivity contribution < 1.29 is 4.79 Å². The highest BCUT2D eigenvalue weighted by Crippen LogP contribution is 2.23. The van der Waals surface area contributed by atoms with Gasteiger partial charge in [-0.1, -0.05) is 0 Å². The average molecular weight is 284 g/mol. The number of fused-ring (bicyclic) bond motifs is 4. The Hall–Kier alpha value is -0.460. The topological polar surface area (TPSA) is 47.6 Å². The molecule has 3 atom stereocenters. The summed E-state index contributed by atoms with van der Waals surface area (Å²) in [5.74, 6) is 3.09. The largest absolute Gasteiger partial charge is 0.338 e. The van der Waals surface area contributed by atoms with Gasteiger partial charge in [-0.15, -0.1) is 0 Å². The van der Waals surface area contributed by atoms with E-state index in [-0.39, 0.29) is 6.03 Å². The van der Waals surface area contributed by atoms with Gasteiger partial charge in [-0.25, -0.2) is 4.79 Å². The summed E-state index contributed by atoms with van der Waals surface area (Å²) in [6.07, 6.45) is 1.27. The molecule has 0 saturated carbocycles. The third-order valence-corrected chi connectivity index (χ3v) is 5.78. The van der Waals surface area contributed by atoms with Gasteiger partial charge in [0, 0.05) is 38.8 Å². The van der Waals surface area contributed by atoms with Crippen molar-refractivity contribution in [2.24, 2.45) is 5.92 Å². The van der Waals surface area contributed by atoms with Crippen LogP contribution in [0.5, 0.6) is 0 Å². The van der Waals surface area contributed by atoms with Crippen molar-refractivity contribution in [2.45, 2.75) is 12.5 Å². The molecule has 108 valence electrons. The van der Waals surface area contributed by atoms with Crippen LogP contribution in [0.2, 0.25) is 0 Å². The summed E-state index contributed by atoms with van der Waals surface area (Å²) in [7, 11) is 0. The molecular formula is C13H24N4OS. The van der Waals surface area contributed by atoms with E-state index in [1.54, 1.807) is 0 Å². The number of carbonyl (C=O) groups is 1. The summed E-state index contributed by atoms with van der Waals surface area (Å²) < 4.78 is 0. The van der Waals surface area contributed by atoms with E-state index in [0.29, 0.717) is 12.0 Å². The summed E-state index contributed by atoms with van der Waals surface area (Å²) in [5.41, 5.74) is 0. The van der Waals surface area contributed by atoms with Crippen LogP contribution in [-0.2, 0) is 0 Å². The minimum atomic E-state index is 0.00761. The van der Waals surface area contributed by atoms with E-state index in [2.05, 4.69) is 20.4 Å². The molecule has 4 aliphatic heterocycles. The van der Waals surface area contributed by atoms with Crippen LogP contribution in [0.3, 0.4) is 0 Å². The lowest BCUT2D eigenvalue weighted by Crippen LogP contribution is -2.55. The molecule has 5 nitrogen and oxygen atoms in total. The molecule has 4 aliphatic rings. The van der Waals surface area contributed by atoms with E-state index < -0.39 is 0 Å². The van der Waals surface area contributed by atoms with Crippen molar-refractivity contribution in [3.05, 3.63) is 0 Å². The average Bonchev–Trinajstić information content (AvgIpc) is 2.69. The Balaban J connectivity index is 1.37. The summed E-state index contributed by atoms with van der Waals surface area (Å²) in [6.45, 7) is 7.48. The van der Waals surface area contributed by atoms with E-state index in [9.17, 15) is 4.79 Å². The van der Waals surface area contributed by atoms with Gasteiger partial charge in [0.2, 0.25) is 0 Å². The summed E-state index contributed by atoms with van der Waals surface area (Å²) >= 11 is 1.96. The summed E-state index contributed by atoms with van der Waals surface area (Å²) in [4.78, 5) is 16.8. The van der Waals surface area contributed by atoms with Crippen LogP contribution < -0.4 is 10.6 Å². The van der Waals surface area contributed by atoms with Crippen LogP contribution in [0.25, 0.3) is 0 Å². The molecule has 2 amide bonds. The Kier molecular flexibility index (Phi) is 4.50. The Bertz CT molecular complexity index is 320. The summed E-state index contributed by atoms with van der Waals surface area (Å²) in [6, 6.07) is 0.509. The molecule has 4 fully saturated rings. The fourth-order valence-electron chi connectivity index (χ4n) is 3.06. The normalized spacial score (nSPS) is 34.4. The highest BCUT2D eigenvalue weighted by Gasteiger charge is 2.29. The SMILES string of the molecule is O=C(NCC1CSC1)NCC1CN2CCCN1CC2. The number of nitrogens with zero attached hydrogens (tertiary/aromatic N) is 2. The molecule has 0 aromatic rings. The van der Waals surface area contributed by atoms with Gasteiger partial charge in [0.05, 0.1) is 0 Å². The number of piperazine rings is 1. The molecule has 3 unspecified atom stereocenters. The number of amides is 2. The first-order chi connectivity index (χ1) is 9.31.